The van der Waals surface area contributed by atoms with Gasteiger partial charge in [-0.1, -0.05) is 0 Å². The second-order valence-electron chi connectivity index (χ2n) is 4.99. The van der Waals surface area contributed by atoms with Crippen LogP contribution in [0.4, 0.5) is 4.39 Å². The van der Waals surface area contributed by atoms with Crippen molar-refractivity contribution in [2.45, 2.75) is 13.3 Å². The Balaban J connectivity index is 0.000000229. The average molecular weight is 308 g/mol. The molecular weight excluding hydrogens is 291 g/mol. The maximum absolute atomic E-state index is 12.7. The molecule has 0 spiro atoms. The Hall–Kier alpha value is -2.88. The summed E-state index contributed by atoms with van der Waals surface area (Å²) >= 11 is 0. The van der Waals surface area contributed by atoms with Crippen molar-refractivity contribution in [3.63, 3.8) is 0 Å². The zero-order chi connectivity index (χ0) is 16.5. The van der Waals surface area contributed by atoms with E-state index in [1.54, 1.807) is 36.9 Å². The third-order valence-electron chi connectivity index (χ3n) is 3.13. The molecular formula is C19H17FN2O. The zero-order valence-corrected chi connectivity index (χ0v) is 12.8. The van der Waals surface area contributed by atoms with E-state index < -0.39 is 0 Å². The minimum atomic E-state index is -0.333. The van der Waals surface area contributed by atoms with Gasteiger partial charge in [0.15, 0.2) is 5.78 Å². The molecule has 0 N–H and O–H groups in total. The fraction of sp³-hybridized carbons (Fsp3) is 0.105. The van der Waals surface area contributed by atoms with E-state index in [1.807, 2.05) is 19.1 Å². The molecule has 2 aromatic heterocycles. The van der Waals surface area contributed by atoms with Crippen LogP contribution in [-0.2, 0) is 6.42 Å². The smallest absolute Gasteiger partial charge is 0.167 e. The monoisotopic (exact) mass is 308 g/mol. The van der Waals surface area contributed by atoms with Crippen LogP contribution < -0.4 is 0 Å². The number of benzene rings is 1. The maximum atomic E-state index is 12.7. The molecule has 3 nitrogen and oxygen atoms in total. The van der Waals surface area contributed by atoms with Crippen molar-refractivity contribution in [1.29, 1.82) is 0 Å². The molecule has 116 valence electrons. The van der Waals surface area contributed by atoms with E-state index in [1.165, 1.54) is 29.8 Å². The molecule has 0 amide bonds. The third kappa shape index (κ3) is 5.79. The SMILES string of the molecule is Cc1ccncc1.O=C(Cc1ccncc1)c1ccc(F)cc1. The Morgan fingerprint density at radius 1 is 0.870 bits per heavy atom. The molecule has 0 fully saturated rings. The fourth-order valence-electron chi connectivity index (χ4n) is 1.85. The number of carbonyl (C=O) groups is 1. The van der Waals surface area contributed by atoms with Crippen molar-refractivity contribution in [3.05, 3.63) is 95.8 Å². The van der Waals surface area contributed by atoms with E-state index in [4.69, 9.17) is 0 Å². The number of carbonyl (C=O) groups excluding carboxylic acids is 1. The summed E-state index contributed by atoms with van der Waals surface area (Å²) in [6.45, 7) is 2.04. The van der Waals surface area contributed by atoms with E-state index in [2.05, 4.69) is 9.97 Å². The van der Waals surface area contributed by atoms with Gasteiger partial charge in [-0.05, 0) is 66.6 Å². The average Bonchev–Trinajstić information content (AvgIpc) is 2.57. The van der Waals surface area contributed by atoms with Gasteiger partial charge in [0.1, 0.15) is 5.82 Å². The largest absolute Gasteiger partial charge is 0.294 e. The van der Waals surface area contributed by atoms with Gasteiger partial charge in [0.05, 0.1) is 0 Å². The number of aryl methyl sites for hydroxylation is 1. The molecule has 2 heterocycles. The van der Waals surface area contributed by atoms with E-state index in [-0.39, 0.29) is 11.6 Å². The third-order valence-corrected chi connectivity index (χ3v) is 3.13. The van der Waals surface area contributed by atoms with Crippen molar-refractivity contribution >= 4 is 5.78 Å². The molecule has 3 rings (SSSR count). The minimum absolute atomic E-state index is 0.0220. The predicted octanol–water partition coefficient (Wildman–Crippen LogP) is 4.04. The Bertz CT molecular complexity index is 728. The van der Waals surface area contributed by atoms with Gasteiger partial charge < -0.3 is 0 Å². The molecule has 1 aromatic carbocycles. The summed E-state index contributed by atoms with van der Waals surface area (Å²) in [6.07, 6.45) is 7.18. The van der Waals surface area contributed by atoms with Crippen molar-refractivity contribution in [3.8, 4) is 0 Å². The molecule has 0 aliphatic heterocycles. The molecule has 23 heavy (non-hydrogen) atoms. The first-order valence-corrected chi connectivity index (χ1v) is 7.19. The summed E-state index contributed by atoms with van der Waals surface area (Å²) in [4.78, 5) is 19.5. The van der Waals surface area contributed by atoms with E-state index >= 15 is 0 Å². The summed E-state index contributed by atoms with van der Waals surface area (Å²) < 4.78 is 12.7. The molecule has 0 saturated carbocycles. The normalized spacial score (nSPS) is 9.65. The summed E-state index contributed by atoms with van der Waals surface area (Å²) in [5.41, 5.74) is 2.69. The van der Waals surface area contributed by atoms with Crippen LogP contribution in [0.3, 0.4) is 0 Å². The molecule has 0 bridgehead atoms. The molecule has 4 heteroatoms. The topological polar surface area (TPSA) is 42.9 Å². The maximum Gasteiger partial charge on any atom is 0.167 e. The number of Topliss-reactive ketones (excluding diaryl/α,β-unsaturated/α-hetero) is 1. The zero-order valence-electron chi connectivity index (χ0n) is 12.8. The molecule has 0 unspecified atom stereocenters. The van der Waals surface area contributed by atoms with Crippen LogP contribution in [0.15, 0.2) is 73.3 Å². The van der Waals surface area contributed by atoms with E-state index in [9.17, 15) is 9.18 Å². The molecule has 3 aromatic rings. The first-order chi connectivity index (χ1) is 11.1. The fourth-order valence-corrected chi connectivity index (χ4v) is 1.85. The van der Waals surface area contributed by atoms with Crippen molar-refractivity contribution in [1.82, 2.24) is 9.97 Å². The Morgan fingerprint density at radius 2 is 1.39 bits per heavy atom. The van der Waals surface area contributed by atoms with Gasteiger partial charge in [0.25, 0.3) is 0 Å². The van der Waals surface area contributed by atoms with Crippen LogP contribution in [0.5, 0.6) is 0 Å². The second-order valence-corrected chi connectivity index (χ2v) is 4.99. The van der Waals surface area contributed by atoms with Crippen LogP contribution in [0.2, 0.25) is 0 Å². The highest BCUT2D eigenvalue weighted by Gasteiger charge is 2.06. The number of hydrogen-bond acceptors (Lipinski definition) is 3. The van der Waals surface area contributed by atoms with E-state index in [0.717, 1.165) is 5.56 Å². The molecule has 0 aliphatic rings. The van der Waals surface area contributed by atoms with Gasteiger partial charge in [-0.15, -0.1) is 0 Å². The number of rotatable bonds is 3. The lowest BCUT2D eigenvalue weighted by Crippen LogP contribution is -2.03. The molecule has 0 aliphatic carbocycles. The van der Waals surface area contributed by atoms with Gasteiger partial charge >= 0.3 is 0 Å². The highest BCUT2D eigenvalue weighted by Crippen LogP contribution is 2.08. The standard InChI is InChI=1S/C13H10FNO.C6H7N/c14-12-3-1-11(2-4-12)13(16)9-10-5-7-15-8-6-10;1-6-2-4-7-5-3-6/h1-8H,9H2;2-5H,1H3. The van der Waals surface area contributed by atoms with Gasteiger partial charge in [-0.2, -0.15) is 0 Å². The Kier molecular flexibility index (Phi) is 6.12. The number of pyridine rings is 2. The first kappa shape index (κ1) is 16.5. The quantitative estimate of drug-likeness (QED) is 0.686. The number of aromatic nitrogens is 2. The molecule has 0 atom stereocenters. The van der Waals surface area contributed by atoms with Crippen molar-refractivity contribution < 1.29 is 9.18 Å². The van der Waals surface area contributed by atoms with Crippen LogP contribution in [-0.4, -0.2) is 15.8 Å². The van der Waals surface area contributed by atoms with Gasteiger partial charge in [0, 0.05) is 36.8 Å². The summed E-state index contributed by atoms with van der Waals surface area (Å²) in [6, 6.07) is 13.1. The van der Waals surface area contributed by atoms with Crippen LogP contribution in [0.25, 0.3) is 0 Å². The number of nitrogens with zero attached hydrogens (tertiary/aromatic N) is 2. The van der Waals surface area contributed by atoms with Crippen LogP contribution in [0, 0.1) is 12.7 Å². The van der Waals surface area contributed by atoms with Crippen LogP contribution >= 0.6 is 0 Å². The lowest BCUT2D eigenvalue weighted by molar-refractivity contribution is 0.0993. The van der Waals surface area contributed by atoms with Gasteiger partial charge in [-0.25, -0.2) is 4.39 Å². The highest BCUT2D eigenvalue weighted by atomic mass is 19.1. The van der Waals surface area contributed by atoms with E-state index in [0.29, 0.717) is 12.0 Å². The highest BCUT2D eigenvalue weighted by molar-refractivity contribution is 5.97. The molecule has 0 radical (unpaired) electrons. The summed E-state index contributed by atoms with van der Waals surface area (Å²) in [5, 5.41) is 0. The number of hydrogen-bond donors (Lipinski definition) is 0. The summed E-state index contributed by atoms with van der Waals surface area (Å²) in [7, 11) is 0. The number of halogens is 1. The van der Waals surface area contributed by atoms with Gasteiger partial charge in [0.2, 0.25) is 0 Å². The van der Waals surface area contributed by atoms with Gasteiger partial charge in [-0.3, -0.25) is 14.8 Å². The molecule has 0 saturated heterocycles. The Morgan fingerprint density at radius 3 is 1.87 bits per heavy atom. The summed E-state index contributed by atoms with van der Waals surface area (Å²) in [5.74, 6) is -0.355. The lowest BCUT2D eigenvalue weighted by Gasteiger charge is -2.00. The van der Waals surface area contributed by atoms with Crippen LogP contribution in [0.1, 0.15) is 21.5 Å². The minimum Gasteiger partial charge on any atom is -0.294 e. The first-order valence-electron chi connectivity index (χ1n) is 7.19. The number of ketones is 1. The lowest BCUT2D eigenvalue weighted by atomic mass is 10.0. The second kappa shape index (κ2) is 8.54. The van der Waals surface area contributed by atoms with Crippen molar-refractivity contribution in [2.24, 2.45) is 0 Å². The predicted molar refractivity (Wildman–Crippen MR) is 87.6 cm³/mol. The Labute approximate surface area is 134 Å². The van der Waals surface area contributed by atoms with Crippen molar-refractivity contribution in [2.75, 3.05) is 0 Å².